The molecule has 1 aliphatic heterocycles. The third-order valence-corrected chi connectivity index (χ3v) is 10.0. The summed E-state index contributed by atoms with van der Waals surface area (Å²) in [4.78, 5) is 0. The molecule has 1 aliphatic rings. The highest BCUT2D eigenvalue weighted by Crippen LogP contribution is 2.38. The quantitative estimate of drug-likeness (QED) is 0.106. The Morgan fingerprint density at radius 3 is 1.50 bits per heavy atom. The largest absolute Gasteiger partial charge is 0.386 e. The fourth-order valence-electron chi connectivity index (χ4n) is 7.16. The van der Waals surface area contributed by atoms with Gasteiger partial charge in [-0.3, -0.25) is 0 Å². The van der Waals surface area contributed by atoms with E-state index in [-0.39, 0.29) is 26.4 Å². The van der Waals surface area contributed by atoms with E-state index in [4.69, 9.17) is 23.7 Å². The highest BCUT2D eigenvalue weighted by Gasteiger charge is 2.51. The molecule has 0 bridgehead atoms. The molecule has 0 saturated carbocycles. The third kappa shape index (κ3) is 10.2. The monoisotopic (exact) mass is 756 g/mol. The van der Waals surface area contributed by atoms with Crippen LogP contribution < -0.4 is 0 Å². The summed E-state index contributed by atoms with van der Waals surface area (Å²) >= 11 is 0. The van der Waals surface area contributed by atoms with Gasteiger partial charge in [-0.2, -0.15) is 0 Å². The molecule has 6 aromatic carbocycles. The summed E-state index contributed by atoms with van der Waals surface area (Å²) in [6.07, 6.45) is -4.98. The number of aryl methyl sites for hydroxylation is 1. The van der Waals surface area contributed by atoms with E-state index in [2.05, 4.69) is 0 Å². The van der Waals surface area contributed by atoms with Crippen molar-refractivity contribution in [2.45, 2.75) is 70.0 Å². The van der Waals surface area contributed by atoms with Crippen LogP contribution in [0.2, 0.25) is 0 Å². The standard InChI is InChI=1S/C48H46F2O6/c1-33-24-38(39-25-40(49)27-41(50)26-39)22-23-42(33)44(51)46-48(55-31-37-20-12-5-13-21-37)47(54-30-36-18-10-4-11-19-36)45(53-29-35-16-8-3-9-17-35)43(56-46)32-52-28-34-14-6-2-7-15-34/h2-27,43-48,51H,28-32H2,1H3/t43-,44-,45-,46-,47+,48-/m1/s1. The summed E-state index contributed by atoms with van der Waals surface area (Å²) in [6, 6.07) is 48.3. The Morgan fingerprint density at radius 1 is 0.536 bits per heavy atom. The number of aliphatic hydroxyl groups is 1. The van der Waals surface area contributed by atoms with E-state index < -0.39 is 48.3 Å². The van der Waals surface area contributed by atoms with E-state index in [0.29, 0.717) is 28.9 Å². The molecule has 0 aliphatic carbocycles. The number of ether oxygens (including phenoxy) is 5. The molecule has 0 amide bonds. The lowest BCUT2D eigenvalue weighted by Gasteiger charge is -2.47. The molecular weight excluding hydrogens is 711 g/mol. The molecule has 0 unspecified atom stereocenters. The first kappa shape index (κ1) is 39.2. The van der Waals surface area contributed by atoms with E-state index in [1.54, 1.807) is 12.1 Å². The number of aliphatic hydroxyl groups excluding tert-OH is 1. The lowest BCUT2D eigenvalue weighted by Crippen LogP contribution is -2.62. The molecule has 0 radical (unpaired) electrons. The Bertz CT molecular complexity index is 2080. The van der Waals surface area contributed by atoms with Crippen molar-refractivity contribution in [3.05, 3.63) is 203 Å². The topological polar surface area (TPSA) is 66.4 Å². The number of hydrogen-bond donors (Lipinski definition) is 1. The Hall–Kier alpha value is -5.06. The van der Waals surface area contributed by atoms with Crippen LogP contribution in [0.4, 0.5) is 8.78 Å². The number of rotatable bonds is 16. The minimum absolute atomic E-state index is 0.150. The molecule has 1 fully saturated rings. The van der Waals surface area contributed by atoms with Crippen molar-refractivity contribution < 1.29 is 37.6 Å². The second-order valence-corrected chi connectivity index (χ2v) is 14.1. The number of halogens is 2. The molecule has 56 heavy (non-hydrogen) atoms. The van der Waals surface area contributed by atoms with Gasteiger partial charge in [0.1, 0.15) is 48.3 Å². The summed E-state index contributed by atoms with van der Waals surface area (Å²) in [5.41, 5.74) is 6.21. The maximum Gasteiger partial charge on any atom is 0.126 e. The van der Waals surface area contributed by atoms with Crippen LogP contribution in [-0.4, -0.2) is 42.2 Å². The zero-order valence-electron chi connectivity index (χ0n) is 31.3. The summed E-state index contributed by atoms with van der Waals surface area (Å²) in [7, 11) is 0. The summed E-state index contributed by atoms with van der Waals surface area (Å²) in [5, 5.41) is 12.4. The highest BCUT2D eigenvalue weighted by atomic mass is 19.1. The molecule has 1 heterocycles. The average Bonchev–Trinajstić information content (AvgIpc) is 3.22. The van der Waals surface area contributed by atoms with Gasteiger partial charge in [0.2, 0.25) is 0 Å². The van der Waals surface area contributed by atoms with Gasteiger partial charge in [-0.25, -0.2) is 8.78 Å². The van der Waals surface area contributed by atoms with Gasteiger partial charge in [-0.1, -0.05) is 140 Å². The minimum Gasteiger partial charge on any atom is -0.386 e. The molecule has 0 aromatic heterocycles. The zero-order chi connectivity index (χ0) is 38.7. The van der Waals surface area contributed by atoms with Crippen LogP contribution in [0.5, 0.6) is 0 Å². The second kappa shape index (κ2) is 19.2. The van der Waals surface area contributed by atoms with Gasteiger partial charge in [0.15, 0.2) is 0 Å². The summed E-state index contributed by atoms with van der Waals surface area (Å²) in [6.45, 7) is 3.14. The summed E-state index contributed by atoms with van der Waals surface area (Å²) in [5.74, 6) is -1.33. The molecule has 6 atom stereocenters. The first-order chi connectivity index (χ1) is 27.4. The van der Waals surface area contributed by atoms with E-state index in [9.17, 15) is 13.9 Å². The van der Waals surface area contributed by atoms with Crippen LogP contribution in [0.1, 0.15) is 39.5 Å². The summed E-state index contributed by atoms with van der Waals surface area (Å²) < 4.78 is 62.0. The lowest BCUT2D eigenvalue weighted by atomic mass is 9.87. The van der Waals surface area contributed by atoms with Gasteiger partial charge in [-0.15, -0.1) is 0 Å². The Labute approximate surface area is 327 Å². The van der Waals surface area contributed by atoms with Crippen molar-refractivity contribution in [3.63, 3.8) is 0 Å². The highest BCUT2D eigenvalue weighted by molar-refractivity contribution is 5.65. The van der Waals surface area contributed by atoms with E-state index in [0.717, 1.165) is 28.3 Å². The molecule has 288 valence electrons. The normalized spacial score (nSPS) is 20.1. The van der Waals surface area contributed by atoms with Crippen molar-refractivity contribution >= 4 is 0 Å². The van der Waals surface area contributed by atoms with Gasteiger partial charge in [-0.05, 0) is 63.6 Å². The van der Waals surface area contributed by atoms with E-state index in [1.807, 2.05) is 134 Å². The third-order valence-electron chi connectivity index (χ3n) is 10.0. The second-order valence-electron chi connectivity index (χ2n) is 14.1. The van der Waals surface area contributed by atoms with Crippen LogP contribution >= 0.6 is 0 Å². The van der Waals surface area contributed by atoms with E-state index in [1.165, 1.54) is 12.1 Å². The first-order valence-electron chi connectivity index (χ1n) is 18.9. The Balaban J connectivity index is 1.25. The fourth-order valence-corrected chi connectivity index (χ4v) is 7.16. The molecule has 7 rings (SSSR count). The van der Waals surface area contributed by atoms with Crippen molar-refractivity contribution in [2.24, 2.45) is 0 Å². The molecule has 1 N–H and O–H groups in total. The number of hydrogen-bond acceptors (Lipinski definition) is 6. The van der Waals surface area contributed by atoms with Crippen LogP contribution in [0, 0.1) is 18.6 Å². The van der Waals surface area contributed by atoms with Crippen LogP contribution in [-0.2, 0) is 50.1 Å². The molecule has 1 saturated heterocycles. The minimum atomic E-state index is -1.19. The maximum atomic E-state index is 14.2. The van der Waals surface area contributed by atoms with Crippen LogP contribution in [0.3, 0.4) is 0 Å². The van der Waals surface area contributed by atoms with Gasteiger partial charge >= 0.3 is 0 Å². The smallest absolute Gasteiger partial charge is 0.126 e. The van der Waals surface area contributed by atoms with Crippen molar-refractivity contribution in [2.75, 3.05) is 6.61 Å². The maximum absolute atomic E-state index is 14.2. The first-order valence-corrected chi connectivity index (χ1v) is 18.9. The SMILES string of the molecule is Cc1cc(-c2cc(F)cc(F)c2)ccc1[C@@H](O)[C@H]1O[C@H](COCc2ccccc2)[C@@H](OCc2ccccc2)[C@H](OCc2ccccc2)[C@@H]1OCc1ccccc1. The fraction of sp³-hybridized carbons (Fsp3) is 0.250. The molecule has 6 nitrogen and oxygen atoms in total. The Kier molecular flexibility index (Phi) is 13.4. The van der Waals surface area contributed by atoms with E-state index >= 15 is 0 Å². The van der Waals surface area contributed by atoms with Crippen molar-refractivity contribution in [1.82, 2.24) is 0 Å². The molecule has 0 spiro atoms. The van der Waals surface area contributed by atoms with Gasteiger partial charge in [0, 0.05) is 6.07 Å². The van der Waals surface area contributed by atoms with Gasteiger partial charge in [0.05, 0.1) is 33.0 Å². The van der Waals surface area contributed by atoms with Crippen molar-refractivity contribution in [3.8, 4) is 11.1 Å². The Morgan fingerprint density at radius 2 is 1.00 bits per heavy atom. The van der Waals surface area contributed by atoms with Crippen LogP contribution in [0.15, 0.2) is 158 Å². The van der Waals surface area contributed by atoms with Gasteiger partial charge in [0.25, 0.3) is 0 Å². The van der Waals surface area contributed by atoms with Gasteiger partial charge < -0.3 is 28.8 Å². The number of benzene rings is 6. The zero-order valence-corrected chi connectivity index (χ0v) is 31.3. The average molecular weight is 757 g/mol. The lowest BCUT2D eigenvalue weighted by molar-refractivity contribution is -0.287. The molecular formula is C48H46F2O6. The molecule has 6 aromatic rings. The van der Waals surface area contributed by atoms with Crippen molar-refractivity contribution in [1.29, 1.82) is 0 Å². The predicted molar refractivity (Wildman–Crippen MR) is 211 cm³/mol. The van der Waals surface area contributed by atoms with Crippen LogP contribution in [0.25, 0.3) is 11.1 Å². The predicted octanol–water partition coefficient (Wildman–Crippen LogP) is 9.71. The molecule has 8 heteroatoms.